The number of fused-ring (bicyclic) bond motifs is 1. The molecular formula is C25H19N3O4S. The van der Waals surface area contributed by atoms with Crippen LogP contribution in [0.5, 0.6) is 0 Å². The zero-order valence-electron chi connectivity index (χ0n) is 17.3. The van der Waals surface area contributed by atoms with Crippen molar-refractivity contribution in [2.45, 2.75) is 4.90 Å². The molecule has 8 heteroatoms. The highest BCUT2D eigenvalue weighted by Gasteiger charge is 2.16. The average molecular weight is 458 g/mol. The molecule has 33 heavy (non-hydrogen) atoms. The molecule has 0 aliphatic carbocycles. The van der Waals surface area contributed by atoms with Crippen LogP contribution < -0.4 is 10.6 Å². The molecule has 0 atom stereocenters. The fraction of sp³-hybridized carbons (Fsp3) is 0.0400. The van der Waals surface area contributed by atoms with Gasteiger partial charge >= 0.3 is 5.97 Å². The molecule has 0 saturated carbocycles. The van der Waals surface area contributed by atoms with E-state index in [0.717, 1.165) is 4.90 Å². The number of pyridine rings is 1. The van der Waals surface area contributed by atoms with Gasteiger partial charge in [-0.2, -0.15) is 0 Å². The summed E-state index contributed by atoms with van der Waals surface area (Å²) in [5, 5.41) is 16.1. The van der Waals surface area contributed by atoms with Crippen molar-refractivity contribution in [3.63, 3.8) is 0 Å². The van der Waals surface area contributed by atoms with E-state index in [1.54, 1.807) is 79.0 Å². The van der Waals surface area contributed by atoms with Crippen molar-refractivity contribution in [1.82, 2.24) is 4.98 Å². The predicted molar refractivity (Wildman–Crippen MR) is 129 cm³/mol. The van der Waals surface area contributed by atoms with E-state index in [0.29, 0.717) is 22.3 Å². The molecule has 0 aliphatic rings. The van der Waals surface area contributed by atoms with Gasteiger partial charge in [-0.05, 0) is 53.9 Å². The number of nitrogens with one attached hydrogen (secondary N) is 2. The Bertz CT molecular complexity index is 1320. The molecule has 1 heterocycles. The molecule has 4 rings (SSSR count). The van der Waals surface area contributed by atoms with Gasteiger partial charge < -0.3 is 15.7 Å². The number of hydrogen-bond donors (Lipinski definition) is 3. The average Bonchev–Trinajstić information content (AvgIpc) is 2.83. The van der Waals surface area contributed by atoms with Crippen molar-refractivity contribution in [3.8, 4) is 0 Å². The van der Waals surface area contributed by atoms with Crippen LogP contribution in [0.25, 0.3) is 10.8 Å². The highest BCUT2D eigenvalue weighted by molar-refractivity contribution is 8.00. The highest BCUT2D eigenvalue weighted by atomic mass is 32.2. The van der Waals surface area contributed by atoms with Gasteiger partial charge in [0.1, 0.15) is 5.82 Å². The second-order valence-corrected chi connectivity index (χ2v) is 8.09. The molecule has 164 valence electrons. The Morgan fingerprint density at radius 2 is 1.55 bits per heavy atom. The topological polar surface area (TPSA) is 108 Å². The van der Waals surface area contributed by atoms with E-state index >= 15 is 0 Å². The molecule has 1 aromatic heterocycles. The first-order valence-corrected chi connectivity index (χ1v) is 11.0. The number of aromatic carboxylic acids is 1. The van der Waals surface area contributed by atoms with Crippen molar-refractivity contribution >= 4 is 51.8 Å². The maximum absolute atomic E-state index is 12.9. The number of carboxylic acid groups (broad SMARTS) is 1. The summed E-state index contributed by atoms with van der Waals surface area (Å²) in [6.45, 7) is 0. The van der Waals surface area contributed by atoms with Crippen LogP contribution in [-0.4, -0.2) is 33.6 Å². The zero-order chi connectivity index (χ0) is 23.2. The summed E-state index contributed by atoms with van der Waals surface area (Å²) in [7, 11) is 0. The van der Waals surface area contributed by atoms with Crippen LogP contribution in [0.2, 0.25) is 0 Å². The third kappa shape index (κ3) is 5.36. The van der Waals surface area contributed by atoms with E-state index < -0.39 is 11.9 Å². The van der Waals surface area contributed by atoms with Crippen molar-refractivity contribution in [1.29, 1.82) is 0 Å². The lowest BCUT2D eigenvalue weighted by molar-refractivity contribution is -0.113. The molecule has 0 fully saturated rings. The molecule has 3 N–H and O–H groups in total. The van der Waals surface area contributed by atoms with Gasteiger partial charge in [-0.25, -0.2) is 9.78 Å². The number of benzene rings is 3. The Morgan fingerprint density at radius 1 is 0.818 bits per heavy atom. The van der Waals surface area contributed by atoms with E-state index in [4.69, 9.17) is 0 Å². The second kappa shape index (κ2) is 9.97. The second-order valence-electron chi connectivity index (χ2n) is 7.04. The predicted octanol–water partition coefficient (Wildman–Crippen LogP) is 4.92. The first kappa shape index (κ1) is 22.0. The highest BCUT2D eigenvalue weighted by Crippen LogP contribution is 2.25. The van der Waals surface area contributed by atoms with E-state index in [9.17, 15) is 19.5 Å². The lowest BCUT2D eigenvalue weighted by Gasteiger charge is -2.11. The van der Waals surface area contributed by atoms with E-state index in [1.807, 2.05) is 0 Å². The molecule has 7 nitrogen and oxygen atoms in total. The van der Waals surface area contributed by atoms with Crippen LogP contribution in [0, 0.1) is 0 Å². The molecule has 0 unspecified atom stereocenters. The number of anilines is 2. The molecule has 0 bridgehead atoms. The normalized spacial score (nSPS) is 10.5. The lowest BCUT2D eigenvalue weighted by Crippen LogP contribution is -2.15. The third-order valence-corrected chi connectivity index (χ3v) is 5.81. The van der Waals surface area contributed by atoms with Crippen molar-refractivity contribution in [2.24, 2.45) is 0 Å². The lowest BCUT2D eigenvalue weighted by atomic mass is 9.98. The van der Waals surface area contributed by atoms with Gasteiger partial charge in [0.25, 0.3) is 5.91 Å². The van der Waals surface area contributed by atoms with Crippen molar-refractivity contribution in [2.75, 3.05) is 16.4 Å². The van der Waals surface area contributed by atoms with Gasteiger partial charge in [0.2, 0.25) is 5.91 Å². The summed E-state index contributed by atoms with van der Waals surface area (Å²) in [6, 6.07) is 22.4. The molecule has 0 saturated heterocycles. The monoisotopic (exact) mass is 457 g/mol. The molecular weight excluding hydrogens is 438 g/mol. The number of nitrogens with zero attached hydrogens (tertiary/aromatic N) is 1. The van der Waals surface area contributed by atoms with E-state index in [1.165, 1.54) is 17.8 Å². The Labute approximate surface area is 193 Å². The maximum atomic E-state index is 12.9. The number of rotatable bonds is 7. The van der Waals surface area contributed by atoms with Crippen LogP contribution in [0.3, 0.4) is 0 Å². The summed E-state index contributed by atoms with van der Waals surface area (Å²) >= 11 is 1.36. The first-order valence-electron chi connectivity index (χ1n) is 10.0. The number of carbonyl (C=O) groups is 3. The van der Waals surface area contributed by atoms with Crippen LogP contribution >= 0.6 is 11.8 Å². The quantitative estimate of drug-likeness (QED) is 0.340. The molecule has 2 amide bonds. The maximum Gasteiger partial charge on any atom is 0.336 e. The van der Waals surface area contributed by atoms with Gasteiger partial charge in [-0.15, -0.1) is 11.8 Å². The van der Waals surface area contributed by atoms with Gasteiger partial charge in [-0.1, -0.05) is 30.3 Å². The van der Waals surface area contributed by atoms with E-state index in [2.05, 4.69) is 15.6 Å². The van der Waals surface area contributed by atoms with Crippen LogP contribution in [0.1, 0.15) is 20.7 Å². The third-order valence-electron chi connectivity index (χ3n) is 4.79. The van der Waals surface area contributed by atoms with Gasteiger partial charge in [0.05, 0.1) is 11.3 Å². The largest absolute Gasteiger partial charge is 0.478 e. The van der Waals surface area contributed by atoms with Gasteiger partial charge in [0.15, 0.2) is 0 Å². The Hall–Kier alpha value is -4.17. The smallest absolute Gasteiger partial charge is 0.336 e. The number of aromatic nitrogens is 1. The van der Waals surface area contributed by atoms with E-state index in [-0.39, 0.29) is 22.8 Å². The minimum atomic E-state index is -1.09. The van der Waals surface area contributed by atoms with Gasteiger partial charge in [-0.3, -0.25) is 9.59 Å². The summed E-state index contributed by atoms with van der Waals surface area (Å²) in [5.41, 5.74) is 0.927. The number of amides is 2. The fourth-order valence-corrected chi connectivity index (χ4v) is 4.00. The summed E-state index contributed by atoms with van der Waals surface area (Å²) in [4.78, 5) is 41.5. The number of carboxylic acids is 1. The first-order chi connectivity index (χ1) is 16.0. The summed E-state index contributed by atoms with van der Waals surface area (Å²) in [6.07, 6.45) is 1.61. The minimum Gasteiger partial charge on any atom is -0.478 e. The molecule has 0 spiro atoms. The SMILES string of the molecule is O=C(CSc1ccc(NC(=O)c2cccc3cccc(C(=O)O)c23)cc1)Nc1ccccn1. The molecule has 3 aromatic carbocycles. The Balaban J connectivity index is 1.42. The fourth-order valence-electron chi connectivity index (χ4n) is 3.31. The Morgan fingerprint density at radius 3 is 2.21 bits per heavy atom. The summed E-state index contributed by atoms with van der Waals surface area (Å²) < 4.78 is 0. The summed E-state index contributed by atoms with van der Waals surface area (Å²) in [5.74, 6) is -0.934. The Kier molecular flexibility index (Phi) is 6.66. The zero-order valence-corrected chi connectivity index (χ0v) is 18.1. The van der Waals surface area contributed by atoms with Crippen LogP contribution in [-0.2, 0) is 4.79 Å². The molecule has 0 radical (unpaired) electrons. The van der Waals surface area contributed by atoms with Crippen LogP contribution in [0.15, 0.2) is 90.0 Å². The van der Waals surface area contributed by atoms with Crippen LogP contribution in [0.4, 0.5) is 11.5 Å². The molecule has 4 aromatic rings. The number of thioether (sulfide) groups is 1. The van der Waals surface area contributed by atoms with Crippen molar-refractivity contribution in [3.05, 3.63) is 96.2 Å². The molecule has 0 aliphatic heterocycles. The number of carbonyl (C=O) groups excluding carboxylic acids is 2. The van der Waals surface area contributed by atoms with Gasteiger partial charge in [0, 0.05) is 27.7 Å². The standard InChI is InChI=1S/C25H19N3O4S/c29-22(28-21-9-1-2-14-26-21)15-33-18-12-10-17(11-13-18)27-24(30)19-7-3-5-16-6-4-8-20(23(16)19)25(31)32/h1-14H,15H2,(H,27,30)(H,31,32)(H,26,28,29). The van der Waals surface area contributed by atoms with Crippen molar-refractivity contribution < 1.29 is 19.5 Å². The minimum absolute atomic E-state index is 0.0778. The number of hydrogen-bond acceptors (Lipinski definition) is 5.